The highest BCUT2D eigenvalue weighted by Crippen LogP contribution is 2.45. The summed E-state index contributed by atoms with van der Waals surface area (Å²) in [7, 11) is 1.30. The van der Waals surface area contributed by atoms with Crippen LogP contribution in [0.2, 0.25) is 0 Å². The van der Waals surface area contributed by atoms with Crippen molar-refractivity contribution < 1.29 is 28.6 Å². The van der Waals surface area contributed by atoms with Crippen LogP contribution in [-0.2, 0) is 25.7 Å². The molecule has 9 rings (SSSR count). The van der Waals surface area contributed by atoms with E-state index in [1.165, 1.54) is 7.11 Å². The molecule has 61 heavy (non-hydrogen) atoms. The Bertz CT molecular complexity index is 2480. The van der Waals surface area contributed by atoms with Crippen LogP contribution < -0.4 is 10.1 Å². The first-order valence-corrected chi connectivity index (χ1v) is 22.2. The molecule has 0 bridgehead atoms. The number of hydrogen-bond donors (Lipinski definition) is 3. The maximum absolute atomic E-state index is 14.1. The van der Waals surface area contributed by atoms with Crippen LogP contribution in [0.3, 0.4) is 0 Å². The molecule has 3 unspecified atom stereocenters. The zero-order valence-electron chi connectivity index (χ0n) is 36.6. The van der Waals surface area contributed by atoms with Gasteiger partial charge in [0.2, 0.25) is 11.8 Å². The van der Waals surface area contributed by atoms with Gasteiger partial charge < -0.3 is 39.3 Å². The maximum Gasteiger partial charge on any atom is 0.407 e. The van der Waals surface area contributed by atoms with Gasteiger partial charge in [-0.1, -0.05) is 39.0 Å². The van der Waals surface area contributed by atoms with Gasteiger partial charge in [0.15, 0.2) is 0 Å². The highest BCUT2D eigenvalue weighted by Gasteiger charge is 2.43. The monoisotopic (exact) mass is 829 g/mol. The van der Waals surface area contributed by atoms with Crippen molar-refractivity contribution in [2.24, 2.45) is 17.8 Å². The van der Waals surface area contributed by atoms with E-state index in [1.807, 2.05) is 31.9 Å². The molecule has 9 atom stereocenters. The first-order valence-electron chi connectivity index (χ1n) is 22.2. The normalized spacial score (nSPS) is 26.0. The predicted octanol–water partition coefficient (Wildman–Crippen LogP) is 8.99. The van der Waals surface area contributed by atoms with Crippen LogP contribution in [0.4, 0.5) is 4.79 Å². The van der Waals surface area contributed by atoms with Crippen molar-refractivity contribution in [2.45, 2.75) is 136 Å². The van der Waals surface area contributed by atoms with Crippen molar-refractivity contribution >= 4 is 39.7 Å². The molecule has 0 radical (unpaired) electrons. The second-order valence-corrected chi connectivity index (χ2v) is 18.5. The van der Waals surface area contributed by atoms with Gasteiger partial charge in [-0.15, -0.1) is 0 Å². The molecular weight excluding hydrogens is 771 g/mol. The third-order valence-corrected chi connectivity index (χ3v) is 14.0. The average molecular weight is 830 g/mol. The Morgan fingerprint density at radius 3 is 2.25 bits per heavy atom. The summed E-state index contributed by atoms with van der Waals surface area (Å²) in [5, 5.41) is 4.76. The molecule has 0 aliphatic carbocycles. The van der Waals surface area contributed by atoms with Crippen LogP contribution in [0.25, 0.3) is 44.2 Å². The topological polar surface area (TPSA) is 155 Å². The Morgan fingerprint density at radius 1 is 0.836 bits per heavy atom. The zero-order chi connectivity index (χ0) is 42.9. The number of carbonyl (C=O) groups is 3. The smallest absolute Gasteiger partial charge is 0.407 e. The number of aromatic nitrogens is 4. The molecule has 3 N–H and O–H groups in total. The predicted molar refractivity (Wildman–Crippen MR) is 234 cm³/mol. The lowest BCUT2D eigenvalue weighted by Gasteiger charge is -2.38. The molecule has 2 aromatic heterocycles. The Labute approximate surface area is 357 Å². The van der Waals surface area contributed by atoms with Gasteiger partial charge in [0.05, 0.1) is 54.3 Å². The third-order valence-electron chi connectivity index (χ3n) is 14.0. The van der Waals surface area contributed by atoms with E-state index >= 15 is 0 Å². The van der Waals surface area contributed by atoms with Crippen LogP contribution in [0.1, 0.15) is 116 Å². The Hall–Kier alpha value is -5.43. The molecule has 6 heterocycles. The average Bonchev–Trinajstić information content (AvgIpc) is 4.06. The summed E-state index contributed by atoms with van der Waals surface area (Å²) < 4.78 is 17.3. The van der Waals surface area contributed by atoms with E-state index in [-0.39, 0.29) is 60.0 Å². The maximum atomic E-state index is 14.1. The fraction of sp³-hybridized carbons (Fsp3) is 0.521. The van der Waals surface area contributed by atoms with Gasteiger partial charge >= 0.3 is 6.09 Å². The number of ether oxygens (including phenoxy) is 3. The highest BCUT2D eigenvalue weighted by atomic mass is 16.5. The lowest BCUT2D eigenvalue weighted by atomic mass is 9.82. The van der Waals surface area contributed by atoms with Crippen LogP contribution in [-0.4, -0.2) is 85.1 Å². The number of nitrogens with zero attached hydrogens (tertiary/aromatic N) is 4. The number of likely N-dealkylation sites (tertiary alicyclic amines) is 2. The van der Waals surface area contributed by atoms with E-state index in [4.69, 9.17) is 24.2 Å². The van der Waals surface area contributed by atoms with E-state index in [0.29, 0.717) is 12.5 Å². The fourth-order valence-electron chi connectivity index (χ4n) is 10.7. The first-order chi connectivity index (χ1) is 29.3. The number of amides is 3. The number of carbonyl (C=O) groups excluding carboxylic acids is 3. The van der Waals surface area contributed by atoms with Crippen LogP contribution >= 0.6 is 0 Å². The number of rotatable bonds is 8. The minimum Gasteiger partial charge on any atom is -0.488 e. The first kappa shape index (κ1) is 40.9. The molecule has 0 saturated carbocycles. The number of alkyl carbamates (subject to hydrolysis) is 1. The van der Waals surface area contributed by atoms with Gasteiger partial charge in [0.25, 0.3) is 0 Å². The summed E-state index contributed by atoms with van der Waals surface area (Å²) in [6, 6.07) is 14.0. The number of aromatic amines is 2. The summed E-state index contributed by atoms with van der Waals surface area (Å²) in [6.45, 7) is 14.8. The van der Waals surface area contributed by atoms with Gasteiger partial charge in [-0.2, -0.15) is 0 Å². The number of methoxy groups -OCH3 is 1. The van der Waals surface area contributed by atoms with Crippen LogP contribution in [0, 0.1) is 17.8 Å². The molecule has 322 valence electrons. The molecule has 4 aliphatic heterocycles. The molecule has 0 spiro atoms. The molecule has 3 saturated heterocycles. The van der Waals surface area contributed by atoms with Crippen LogP contribution in [0.15, 0.2) is 48.7 Å². The number of hydrogen-bond acceptors (Lipinski definition) is 8. The molecule has 3 amide bonds. The van der Waals surface area contributed by atoms with E-state index in [2.05, 4.69) is 90.3 Å². The van der Waals surface area contributed by atoms with E-state index < -0.39 is 12.1 Å². The number of nitrogens with one attached hydrogen (secondary N) is 3. The summed E-state index contributed by atoms with van der Waals surface area (Å²) in [6.07, 6.45) is 6.86. The standard InChI is InChI=1S/C48H59N7O6/c1-24(2)42(53-48(58)59-8)47(57)55-26(4)10-16-40(55)45-50-37-14-12-30-20-36-34-13-11-31(19-33(34)23-60-41(36)21-35(30)43(37)52-45)38-22-49-44(51-38)39-15-9-25(3)54(39)46(56)29(7)32-17-27(5)61-28(6)18-32/h11-14,19-22,24-29,32,39-40,42H,9-10,15-18,23H2,1-8H3,(H,49,51)(H,50,52)(H,53,58)/t25-,26-,27+,28?,29?,32?,39-,40-,42-/m0/s1. The highest BCUT2D eigenvalue weighted by molar-refractivity contribution is 6.07. The van der Waals surface area contributed by atoms with Crippen molar-refractivity contribution in [2.75, 3.05) is 7.11 Å². The molecular formula is C48H59N7O6. The summed E-state index contributed by atoms with van der Waals surface area (Å²) in [4.78, 5) is 61.4. The van der Waals surface area contributed by atoms with E-state index in [0.717, 1.165) is 106 Å². The van der Waals surface area contributed by atoms with Gasteiger partial charge in [-0.25, -0.2) is 14.8 Å². The Balaban J connectivity index is 0.954. The largest absolute Gasteiger partial charge is 0.488 e. The van der Waals surface area contributed by atoms with Gasteiger partial charge in [0, 0.05) is 29.0 Å². The summed E-state index contributed by atoms with van der Waals surface area (Å²) >= 11 is 0. The summed E-state index contributed by atoms with van der Waals surface area (Å²) in [5.41, 5.74) is 6.89. The minimum absolute atomic E-state index is 0.0129. The Morgan fingerprint density at radius 2 is 1.54 bits per heavy atom. The summed E-state index contributed by atoms with van der Waals surface area (Å²) in [5.74, 6) is 2.57. The lowest BCUT2D eigenvalue weighted by molar-refractivity contribution is -0.143. The quantitative estimate of drug-likeness (QED) is 0.140. The second-order valence-electron chi connectivity index (χ2n) is 18.5. The second kappa shape index (κ2) is 16.1. The third kappa shape index (κ3) is 7.42. The van der Waals surface area contributed by atoms with Crippen LogP contribution in [0.5, 0.6) is 5.75 Å². The van der Waals surface area contributed by atoms with Gasteiger partial charge in [0.1, 0.15) is 30.0 Å². The van der Waals surface area contributed by atoms with Crippen molar-refractivity contribution in [3.05, 3.63) is 65.9 Å². The van der Waals surface area contributed by atoms with Crippen molar-refractivity contribution in [1.29, 1.82) is 0 Å². The number of benzene rings is 3. The fourth-order valence-corrected chi connectivity index (χ4v) is 10.7. The molecule has 3 fully saturated rings. The molecule has 5 aromatic rings. The minimum atomic E-state index is -0.714. The number of H-pyrrole nitrogens is 2. The lowest BCUT2D eigenvalue weighted by Crippen LogP contribution is -2.52. The molecule has 13 nitrogen and oxygen atoms in total. The van der Waals surface area contributed by atoms with Gasteiger partial charge in [-0.3, -0.25) is 9.59 Å². The van der Waals surface area contributed by atoms with Crippen molar-refractivity contribution in [3.8, 4) is 28.1 Å². The number of fused-ring (bicyclic) bond motifs is 6. The molecule has 4 aliphatic rings. The zero-order valence-corrected chi connectivity index (χ0v) is 36.6. The SMILES string of the molecule is COC(=O)N[C@H](C(=O)N1[C@@H](C)CC[C@H]1c1nc2c(ccc3cc4c(cc32)OCc2cc(-c3cnc([C@@H]5CC[C@H](C)N5C(=O)C(C)C5CC(C)O[C@H](C)C5)[nH]3)ccc2-4)[nH]1)C(C)C. The molecule has 3 aromatic carbocycles. The Kier molecular flexibility index (Phi) is 10.8. The van der Waals surface area contributed by atoms with Crippen molar-refractivity contribution in [3.63, 3.8) is 0 Å². The molecule has 13 heteroatoms. The number of imidazole rings is 2. The van der Waals surface area contributed by atoms with E-state index in [1.54, 1.807) is 0 Å². The van der Waals surface area contributed by atoms with E-state index in [9.17, 15) is 14.4 Å². The van der Waals surface area contributed by atoms with Gasteiger partial charge in [-0.05, 0) is 124 Å². The van der Waals surface area contributed by atoms with Crippen molar-refractivity contribution in [1.82, 2.24) is 35.1 Å².